The van der Waals surface area contributed by atoms with Crippen molar-refractivity contribution in [1.82, 2.24) is 0 Å². The Morgan fingerprint density at radius 2 is 1.59 bits per heavy atom. The van der Waals surface area contributed by atoms with Crippen LogP contribution >= 0.6 is 11.6 Å². The highest BCUT2D eigenvalue weighted by molar-refractivity contribution is 6.30. The zero-order chi connectivity index (χ0) is 20.9. The van der Waals surface area contributed by atoms with Crippen molar-refractivity contribution in [2.45, 2.75) is 6.04 Å². The summed E-state index contributed by atoms with van der Waals surface area (Å²) in [6.07, 6.45) is 0. The summed E-state index contributed by atoms with van der Waals surface area (Å²) >= 11 is 6.02. The number of hydroxylamine groups is 6. The number of ether oxygens (including phenoxy) is 1. The monoisotopic (exact) mass is 420 g/mol. The van der Waals surface area contributed by atoms with Crippen LogP contribution in [0.15, 0.2) is 54.6 Å². The molecule has 1 atom stereocenters. The van der Waals surface area contributed by atoms with Crippen molar-refractivity contribution in [3.63, 3.8) is 0 Å². The van der Waals surface area contributed by atoms with Crippen molar-refractivity contribution in [2.75, 3.05) is 45.9 Å². The second kappa shape index (κ2) is 9.21. The lowest BCUT2D eigenvalue weighted by atomic mass is 9.95. The number of nitrogens with zero attached hydrogens (tertiary/aromatic N) is 2. The summed E-state index contributed by atoms with van der Waals surface area (Å²) in [5.41, 5.74) is 1.77. The number of hydrogen-bond donors (Lipinski definition) is 1. The lowest BCUT2D eigenvalue weighted by Gasteiger charge is -2.57. The number of carboxylic acids is 1. The molecule has 2 aromatic rings. The van der Waals surface area contributed by atoms with Gasteiger partial charge in [0.05, 0.1) is 6.61 Å². The molecule has 0 amide bonds. The standard InChI is InChI=1S/C21H25ClN2O5/c22-19-8-6-18(7-9-19)21(17-4-2-1-3-5-17)24(28)12-10-23(27,11-13-24)14-15-29-16-20(25)26/h1-9,21H,10-16H2,(H,25,26). The number of benzene rings is 2. The maximum atomic E-state index is 13.9. The van der Waals surface area contributed by atoms with Gasteiger partial charge in [0.15, 0.2) is 0 Å². The van der Waals surface area contributed by atoms with E-state index < -0.39 is 27.9 Å². The minimum absolute atomic E-state index is 0.0634. The highest BCUT2D eigenvalue weighted by Crippen LogP contribution is 2.37. The molecule has 3 rings (SSSR count). The SMILES string of the molecule is O=C(O)COCC[N+]1([O-])CC[N+]([O-])(C(c2ccccc2)c2ccc(Cl)cc2)CC1. The third kappa shape index (κ3) is 5.54. The first kappa shape index (κ1) is 21.7. The van der Waals surface area contributed by atoms with Crippen LogP contribution in [0.1, 0.15) is 17.2 Å². The first-order valence-electron chi connectivity index (χ1n) is 9.56. The van der Waals surface area contributed by atoms with Crippen molar-refractivity contribution >= 4 is 17.6 Å². The van der Waals surface area contributed by atoms with Crippen LogP contribution in [0.4, 0.5) is 0 Å². The number of quaternary nitrogens is 2. The van der Waals surface area contributed by atoms with Gasteiger partial charge >= 0.3 is 5.97 Å². The summed E-state index contributed by atoms with van der Waals surface area (Å²) in [6, 6.07) is 16.4. The van der Waals surface area contributed by atoms with Crippen LogP contribution in [0.2, 0.25) is 5.02 Å². The second-order valence-corrected chi connectivity index (χ2v) is 7.88. The van der Waals surface area contributed by atoms with Crippen LogP contribution in [-0.4, -0.2) is 66.3 Å². The molecule has 156 valence electrons. The van der Waals surface area contributed by atoms with E-state index in [-0.39, 0.29) is 39.3 Å². The molecule has 2 aromatic carbocycles. The fourth-order valence-electron chi connectivity index (χ4n) is 3.82. The van der Waals surface area contributed by atoms with E-state index >= 15 is 0 Å². The van der Waals surface area contributed by atoms with Crippen LogP contribution in [0.25, 0.3) is 0 Å². The molecule has 1 aliphatic heterocycles. The van der Waals surface area contributed by atoms with Gasteiger partial charge in [0.2, 0.25) is 0 Å². The van der Waals surface area contributed by atoms with Gasteiger partial charge in [0.1, 0.15) is 45.4 Å². The van der Waals surface area contributed by atoms with Gasteiger partial charge in [-0.3, -0.25) is 0 Å². The van der Waals surface area contributed by atoms with Crippen LogP contribution in [0.3, 0.4) is 0 Å². The van der Waals surface area contributed by atoms with E-state index in [1.807, 2.05) is 42.5 Å². The summed E-state index contributed by atoms with van der Waals surface area (Å²) in [5, 5.41) is 36.0. The molecule has 1 saturated heterocycles. The molecule has 7 nitrogen and oxygen atoms in total. The smallest absolute Gasteiger partial charge is 0.329 e. The summed E-state index contributed by atoms with van der Waals surface area (Å²) < 4.78 is 3.95. The predicted octanol–water partition coefficient (Wildman–Crippen LogP) is 3.17. The van der Waals surface area contributed by atoms with Gasteiger partial charge in [-0.1, -0.05) is 54.1 Å². The lowest BCUT2D eigenvalue weighted by molar-refractivity contribution is -1.00. The van der Waals surface area contributed by atoms with E-state index in [2.05, 4.69) is 0 Å². The number of halogens is 1. The molecule has 1 heterocycles. The van der Waals surface area contributed by atoms with Gasteiger partial charge in [-0.05, 0) is 12.1 Å². The fraction of sp³-hybridized carbons (Fsp3) is 0.381. The van der Waals surface area contributed by atoms with Gasteiger partial charge in [-0.25, -0.2) is 4.79 Å². The van der Waals surface area contributed by atoms with Gasteiger partial charge in [-0.15, -0.1) is 0 Å². The molecule has 0 bridgehead atoms. The van der Waals surface area contributed by atoms with E-state index in [0.717, 1.165) is 11.1 Å². The largest absolute Gasteiger partial charge is 0.632 e. The van der Waals surface area contributed by atoms with Crippen LogP contribution in [-0.2, 0) is 9.53 Å². The van der Waals surface area contributed by atoms with Gasteiger partial charge in [0, 0.05) is 16.1 Å². The minimum atomic E-state index is -1.06. The molecule has 1 aliphatic rings. The Kier molecular flexibility index (Phi) is 6.89. The summed E-state index contributed by atoms with van der Waals surface area (Å²) in [5.74, 6) is -1.06. The Morgan fingerprint density at radius 1 is 1.00 bits per heavy atom. The lowest BCUT2D eigenvalue weighted by Crippen LogP contribution is -2.64. The molecule has 0 spiro atoms. The third-order valence-corrected chi connectivity index (χ3v) is 5.66. The minimum Gasteiger partial charge on any atom is -0.632 e. The van der Waals surface area contributed by atoms with Gasteiger partial charge < -0.3 is 29.6 Å². The van der Waals surface area contributed by atoms with Crippen LogP contribution < -0.4 is 0 Å². The fourth-order valence-corrected chi connectivity index (χ4v) is 3.94. The maximum absolute atomic E-state index is 13.9. The van der Waals surface area contributed by atoms with E-state index in [1.165, 1.54) is 0 Å². The van der Waals surface area contributed by atoms with E-state index in [0.29, 0.717) is 5.02 Å². The molecule has 1 unspecified atom stereocenters. The summed E-state index contributed by atoms with van der Waals surface area (Å²) in [6.45, 7) is 0.454. The van der Waals surface area contributed by atoms with Crippen molar-refractivity contribution in [3.8, 4) is 0 Å². The van der Waals surface area contributed by atoms with Gasteiger partial charge in [0.25, 0.3) is 0 Å². The molecule has 0 aromatic heterocycles. The molecule has 1 fully saturated rings. The van der Waals surface area contributed by atoms with E-state index in [4.69, 9.17) is 21.4 Å². The normalized spacial score (nSPS) is 25.5. The van der Waals surface area contributed by atoms with Crippen LogP contribution in [0, 0.1) is 10.4 Å². The number of aliphatic carboxylic acids is 1. The van der Waals surface area contributed by atoms with Crippen molar-refractivity contribution < 1.29 is 23.9 Å². The average Bonchev–Trinajstić information content (AvgIpc) is 2.71. The highest BCUT2D eigenvalue weighted by atomic mass is 35.5. The number of hydrogen-bond acceptors (Lipinski definition) is 4. The highest BCUT2D eigenvalue weighted by Gasteiger charge is 2.39. The zero-order valence-corrected chi connectivity index (χ0v) is 16.8. The first-order valence-corrected chi connectivity index (χ1v) is 9.94. The Morgan fingerprint density at radius 3 is 2.17 bits per heavy atom. The van der Waals surface area contributed by atoms with E-state index in [9.17, 15) is 15.2 Å². The van der Waals surface area contributed by atoms with Crippen molar-refractivity contribution in [3.05, 3.63) is 81.2 Å². The van der Waals surface area contributed by atoms with Crippen LogP contribution in [0.5, 0.6) is 0 Å². The quantitative estimate of drug-likeness (QED) is 0.402. The Bertz CT molecular complexity index is 808. The van der Waals surface area contributed by atoms with Crippen molar-refractivity contribution in [1.29, 1.82) is 0 Å². The predicted molar refractivity (Wildman–Crippen MR) is 110 cm³/mol. The molecule has 0 saturated carbocycles. The summed E-state index contributed by atoms with van der Waals surface area (Å²) in [4.78, 5) is 10.5. The molecule has 8 heteroatoms. The second-order valence-electron chi connectivity index (χ2n) is 7.44. The number of piperazine rings is 1. The molecule has 0 aliphatic carbocycles. The Hall–Kier alpha value is -2.00. The zero-order valence-electron chi connectivity index (χ0n) is 16.1. The topological polar surface area (TPSA) is 92.7 Å². The molecular weight excluding hydrogens is 396 g/mol. The number of carbonyl (C=O) groups is 1. The molecular formula is C21H25ClN2O5. The van der Waals surface area contributed by atoms with Gasteiger partial charge in [-0.2, -0.15) is 0 Å². The Balaban J connectivity index is 1.75. The Labute approximate surface area is 175 Å². The summed E-state index contributed by atoms with van der Waals surface area (Å²) in [7, 11) is 0. The molecule has 29 heavy (non-hydrogen) atoms. The third-order valence-electron chi connectivity index (χ3n) is 5.41. The number of carboxylic acid groups (broad SMARTS) is 1. The first-order chi connectivity index (χ1) is 13.8. The van der Waals surface area contributed by atoms with Crippen molar-refractivity contribution in [2.24, 2.45) is 0 Å². The molecule has 0 radical (unpaired) electrons. The van der Waals surface area contributed by atoms with E-state index in [1.54, 1.807) is 12.1 Å². The average molecular weight is 421 g/mol. The maximum Gasteiger partial charge on any atom is 0.329 e. The molecule has 1 N–H and O–H groups in total. The number of rotatable bonds is 8.